The first kappa shape index (κ1) is 12.1. The van der Waals surface area contributed by atoms with Crippen molar-refractivity contribution >= 4 is 11.6 Å². The molecule has 1 aromatic rings. The van der Waals surface area contributed by atoms with Crippen LogP contribution in [-0.2, 0) is 11.2 Å². The van der Waals surface area contributed by atoms with Gasteiger partial charge in [-0.05, 0) is 24.1 Å². The summed E-state index contributed by atoms with van der Waals surface area (Å²) in [5, 5.41) is 2.96. The molecular formula is C14H21N2O+. The Labute approximate surface area is 103 Å². The van der Waals surface area contributed by atoms with E-state index in [1.165, 1.54) is 23.3 Å². The highest BCUT2D eigenvalue weighted by Crippen LogP contribution is 2.09. The summed E-state index contributed by atoms with van der Waals surface area (Å²) in [6.45, 7) is 5.02. The summed E-state index contributed by atoms with van der Waals surface area (Å²) in [6.07, 6.45) is 3.55. The highest BCUT2D eigenvalue weighted by Gasteiger charge is 2.18. The van der Waals surface area contributed by atoms with Crippen LogP contribution in [0.25, 0.3) is 0 Å². The standard InChI is InChI=1S/C14H20N2O/c1-2-12-5-7-13(8-6-12)15-14(17)11-16-9-3-4-10-16/h5-8H,2-4,9-11H2,1H3,(H,15,17)/p+1. The van der Waals surface area contributed by atoms with Gasteiger partial charge in [-0.15, -0.1) is 0 Å². The van der Waals surface area contributed by atoms with Crippen molar-refractivity contribution in [3.8, 4) is 0 Å². The second kappa shape index (κ2) is 5.82. The summed E-state index contributed by atoms with van der Waals surface area (Å²) < 4.78 is 0. The molecule has 1 heterocycles. The number of likely N-dealkylation sites (tertiary alicyclic amines) is 1. The molecular weight excluding hydrogens is 212 g/mol. The Kier molecular flexibility index (Phi) is 4.15. The number of hydrogen-bond acceptors (Lipinski definition) is 1. The van der Waals surface area contributed by atoms with E-state index in [-0.39, 0.29) is 5.91 Å². The molecule has 3 nitrogen and oxygen atoms in total. The van der Waals surface area contributed by atoms with Crippen molar-refractivity contribution < 1.29 is 9.69 Å². The number of quaternary nitrogens is 1. The van der Waals surface area contributed by atoms with Crippen LogP contribution in [0.3, 0.4) is 0 Å². The Balaban J connectivity index is 1.84. The first-order chi connectivity index (χ1) is 8.28. The zero-order chi connectivity index (χ0) is 12.1. The zero-order valence-electron chi connectivity index (χ0n) is 10.5. The normalized spacial score (nSPS) is 16.1. The number of carbonyl (C=O) groups is 1. The van der Waals surface area contributed by atoms with Crippen LogP contribution >= 0.6 is 0 Å². The van der Waals surface area contributed by atoms with Crippen LogP contribution in [0.4, 0.5) is 5.69 Å². The first-order valence-electron chi connectivity index (χ1n) is 6.50. The number of aryl methyl sites for hydroxylation is 1. The lowest BCUT2D eigenvalue weighted by Crippen LogP contribution is -3.11. The predicted molar refractivity (Wildman–Crippen MR) is 69.2 cm³/mol. The lowest BCUT2D eigenvalue weighted by atomic mass is 10.1. The van der Waals surface area contributed by atoms with Crippen molar-refractivity contribution in [1.29, 1.82) is 0 Å². The van der Waals surface area contributed by atoms with Gasteiger partial charge in [0, 0.05) is 18.5 Å². The third-order valence-corrected chi connectivity index (χ3v) is 3.37. The van der Waals surface area contributed by atoms with Gasteiger partial charge in [0.25, 0.3) is 5.91 Å². The van der Waals surface area contributed by atoms with Gasteiger partial charge in [0.15, 0.2) is 6.54 Å². The Bertz CT molecular complexity index is 366. The molecule has 0 spiro atoms. The molecule has 92 valence electrons. The molecule has 1 aromatic carbocycles. The topological polar surface area (TPSA) is 33.5 Å². The molecule has 17 heavy (non-hydrogen) atoms. The van der Waals surface area contributed by atoms with Gasteiger partial charge in [-0.2, -0.15) is 0 Å². The monoisotopic (exact) mass is 233 g/mol. The molecule has 0 radical (unpaired) electrons. The molecule has 1 aliphatic rings. The smallest absolute Gasteiger partial charge is 0.279 e. The summed E-state index contributed by atoms with van der Waals surface area (Å²) in [5.41, 5.74) is 2.21. The SMILES string of the molecule is CCc1ccc(NC(=O)C[NH+]2CCCC2)cc1. The molecule has 0 atom stereocenters. The van der Waals surface area contributed by atoms with Gasteiger partial charge >= 0.3 is 0 Å². The molecule has 0 aliphatic carbocycles. The minimum absolute atomic E-state index is 0.131. The van der Waals surface area contributed by atoms with E-state index in [4.69, 9.17) is 0 Å². The molecule has 0 bridgehead atoms. The molecule has 0 aromatic heterocycles. The fraction of sp³-hybridized carbons (Fsp3) is 0.500. The minimum atomic E-state index is 0.131. The van der Waals surface area contributed by atoms with Crippen molar-refractivity contribution in [2.75, 3.05) is 25.0 Å². The van der Waals surface area contributed by atoms with Crippen LogP contribution in [-0.4, -0.2) is 25.5 Å². The maximum Gasteiger partial charge on any atom is 0.279 e. The van der Waals surface area contributed by atoms with Crippen LogP contribution in [0, 0.1) is 0 Å². The lowest BCUT2D eigenvalue weighted by molar-refractivity contribution is -0.878. The molecule has 3 heteroatoms. The van der Waals surface area contributed by atoms with Crippen molar-refractivity contribution in [1.82, 2.24) is 0 Å². The molecule has 0 saturated carbocycles. The van der Waals surface area contributed by atoms with Crippen molar-refractivity contribution in [3.05, 3.63) is 29.8 Å². The van der Waals surface area contributed by atoms with E-state index in [0.29, 0.717) is 6.54 Å². The number of carbonyl (C=O) groups excluding carboxylic acids is 1. The van der Waals surface area contributed by atoms with Gasteiger partial charge in [-0.25, -0.2) is 0 Å². The van der Waals surface area contributed by atoms with E-state index < -0.39 is 0 Å². The molecule has 1 aliphatic heterocycles. The van der Waals surface area contributed by atoms with Gasteiger partial charge in [0.05, 0.1) is 13.1 Å². The molecule has 1 saturated heterocycles. The van der Waals surface area contributed by atoms with E-state index >= 15 is 0 Å². The van der Waals surface area contributed by atoms with Crippen LogP contribution in [0.5, 0.6) is 0 Å². The lowest BCUT2D eigenvalue weighted by Gasteiger charge is -2.11. The average molecular weight is 233 g/mol. The fourth-order valence-electron chi connectivity index (χ4n) is 2.31. The minimum Gasteiger partial charge on any atom is -0.327 e. The first-order valence-corrected chi connectivity index (χ1v) is 6.50. The van der Waals surface area contributed by atoms with Gasteiger partial charge in [0.1, 0.15) is 0 Å². The molecule has 2 N–H and O–H groups in total. The van der Waals surface area contributed by atoms with Crippen LogP contribution in [0.2, 0.25) is 0 Å². The van der Waals surface area contributed by atoms with Crippen LogP contribution in [0.1, 0.15) is 25.3 Å². The second-order valence-corrected chi connectivity index (χ2v) is 4.73. The second-order valence-electron chi connectivity index (χ2n) is 4.73. The van der Waals surface area contributed by atoms with Gasteiger partial charge in [-0.3, -0.25) is 4.79 Å². The maximum atomic E-state index is 11.8. The van der Waals surface area contributed by atoms with Crippen molar-refractivity contribution in [3.63, 3.8) is 0 Å². The number of amides is 1. The summed E-state index contributed by atoms with van der Waals surface area (Å²) in [7, 11) is 0. The predicted octanol–water partition coefficient (Wildman–Crippen LogP) is 0.866. The van der Waals surface area contributed by atoms with Gasteiger partial charge < -0.3 is 10.2 Å². The average Bonchev–Trinajstić information content (AvgIpc) is 2.82. The van der Waals surface area contributed by atoms with Gasteiger partial charge in [-0.1, -0.05) is 19.1 Å². The number of rotatable bonds is 4. The molecule has 2 rings (SSSR count). The zero-order valence-corrected chi connectivity index (χ0v) is 10.5. The Morgan fingerprint density at radius 1 is 1.24 bits per heavy atom. The maximum absolute atomic E-state index is 11.8. The highest BCUT2D eigenvalue weighted by molar-refractivity contribution is 5.91. The Morgan fingerprint density at radius 3 is 2.47 bits per heavy atom. The number of benzene rings is 1. The van der Waals surface area contributed by atoms with Gasteiger partial charge in [0.2, 0.25) is 0 Å². The molecule has 1 amide bonds. The Morgan fingerprint density at radius 2 is 1.88 bits per heavy atom. The summed E-state index contributed by atoms with van der Waals surface area (Å²) in [6, 6.07) is 8.10. The van der Waals surface area contributed by atoms with Crippen LogP contribution < -0.4 is 10.2 Å². The quantitative estimate of drug-likeness (QED) is 0.795. The highest BCUT2D eigenvalue weighted by atomic mass is 16.2. The summed E-state index contributed by atoms with van der Waals surface area (Å²) in [5.74, 6) is 0.131. The molecule has 1 fully saturated rings. The van der Waals surface area contributed by atoms with Crippen molar-refractivity contribution in [2.45, 2.75) is 26.2 Å². The largest absolute Gasteiger partial charge is 0.327 e. The van der Waals surface area contributed by atoms with Crippen LogP contribution in [0.15, 0.2) is 24.3 Å². The van der Waals surface area contributed by atoms with E-state index in [2.05, 4.69) is 24.4 Å². The Hall–Kier alpha value is -1.35. The van der Waals surface area contributed by atoms with Crippen molar-refractivity contribution in [2.24, 2.45) is 0 Å². The number of hydrogen-bond donors (Lipinski definition) is 2. The third kappa shape index (κ3) is 3.56. The van der Waals surface area contributed by atoms with E-state index in [1.54, 1.807) is 0 Å². The summed E-state index contributed by atoms with van der Waals surface area (Å²) >= 11 is 0. The number of nitrogens with one attached hydrogen (secondary N) is 2. The van der Waals surface area contributed by atoms with E-state index in [1.807, 2.05) is 12.1 Å². The number of anilines is 1. The van der Waals surface area contributed by atoms with E-state index in [9.17, 15) is 4.79 Å². The molecule has 0 unspecified atom stereocenters. The summed E-state index contributed by atoms with van der Waals surface area (Å²) in [4.78, 5) is 13.2. The third-order valence-electron chi connectivity index (χ3n) is 3.37. The fourth-order valence-corrected chi connectivity index (χ4v) is 2.31. The van der Waals surface area contributed by atoms with E-state index in [0.717, 1.165) is 25.2 Å².